The number of ether oxygens (including phenoxy) is 2. The summed E-state index contributed by atoms with van der Waals surface area (Å²) in [5.74, 6) is 1.60. The standard InChI is InChI=1S/C20H19ClN2O3/c1-4-26-17-11-13(8-9-16(17)25-3)10-15(21)19-22-18-12(2)6-5-7-14(18)20(24)23-19/h5-11H,4H2,1-3H3,(H,22,23,24)/b15-10-. The molecule has 5 nitrogen and oxygen atoms in total. The average Bonchev–Trinajstić information content (AvgIpc) is 2.63. The molecular weight excluding hydrogens is 352 g/mol. The Kier molecular flexibility index (Phi) is 5.28. The van der Waals surface area contributed by atoms with Crippen LogP contribution in [-0.2, 0) is 0 Å². The van der Waals surface area contributed by atoms with E-state index in [0.717, 1.165) is 11.1 Å². The third-order valence-corrected chi connectivity index (χ3v) is 4.23. The molecule has 0 aliphatic heterocycles. The summed E-state index contributed by atoms with van der Waals surface area (Å²) in [4.78, 5) is 19.6. The van der Waals surface area contributed by atoms with Gasteiger partial charge in [0.15, 0.2) is 17.3 Å². The van der Waals surface area contributed by atoms with Crippen LogP contribution in [0.5, 0.6) is 11.5 Å². The molecule has 26 heavy (non-hydrogen) atoms. The maximum Gasteiger partial charge on any atom is 0.259 e. The van der Waals surface area contributed by atoms with Crippen LogP contribution >= 0.6 is 11.6 Å². The highest BCUT2D eigenvalue weighted by Crippen LogP contribution is 2.30. The van der Waals surface area contributed by atoms with Gasteiger partial charge in [0.1, 0.15) is 0 Å². The van der Waals surface area contributed by atoms with Crippen molar-refractivity contribution in [2.24, 2.45) is 0 Å². The molecule has 6 heteroatoms. The normalized spacial score (nSPS) is 11.6. The van der Waals surface area contributed by atoms with E-state index in [-0.39, 0.29) is 5.56 Å². The Morgan fingerprint density at radius 3 is 2.81 bits per heavy atom. The molecule has 1 N–H and O–H groups in total. The number of aromatic amines is 1. The van der Waals surface area contributed by atoms with E-state index in [1.807, 2.05) is 44.2 Å². The van der Waals surface area contributed by atoms with Crippen LogP contribution in [-0.4, -0.2) is 23.7 Å². The van der Waals surface area contributed by atoms with E-state index >= 15 is 0 Å². The first-order chi connectivity index (χ1) is 12.5. The van der Waals surface area contributed by atoms with Gasteiger partial charge in [-0.1, -0.05) is 29.8 Å². The molecule has 0 aliphatic carbocycles. The van der Waals surface area contributed by atoms with Gasteiger partial charge in [0.05, 0.1) is 29.7 Å². The van der Waals surface area contributed by atoms with Crippen molar-refractivity contribution in [3.8, 4) is 11.5 Å². The van der Waals surface area contributed by atoms with E-state index in [1.165, 1.54) is 0 Å². The number of nitrogens with one attached hydrogen (secondary N) is 1. The largest absolute Gasteiger partial charge is 0.493 e. The van der Waals surface area contributed by atoms with E-state index < -0.39 is 0 Å². The first-order valence-electron chi connectivity index (χ1n) is 8.21. The summed E-state index contributed by atoms with van der Waals surface area (Å²) in [6.45, 7) is 4.34. The Balaban J connectivity index is 2.05. The second-order valence-corrected chi connectivity index (χ2v) is 6.13. The van der Waals surface area contributed by atoms with Gasteiger partial charge in [-0.2, -0.15) is 0 Å². The molecule has 0 radical (unpaired) electrons. The number of para-hydroxylation sites is 1. The topological polar surface area (TPSA) is 64.2 Å². The number of fused-ring (bicyclic) bond motifs is 1. The fourth-order valence-corrected chi connectivity index (χ4v) is 2.90. The predicted molar refractivity (Wildman–Crippen MR) is 105 cm³/mol. The number of hydrogen-bond donors (Lipinski definition) is 1. The van der Waals surface area contributed by atoms with E-state index in [0.29, 0.717) is 39.9 Å². The molecule has 134 valence electrons. The lowest BCUT2D eigenvalue weighted by Crippen LogP contribution is -2.11. The maximum absolute atomic E-state index is 12.3. The van der Waals surface area contributed by atoms with Gasteiger partial charge < -0.3 is 14.5 Å². The number of aryl methyl sites for hydroxylation is 1. The van der Waals surface area contributed by atoms with Crippen molar-refractivity contribution < 1.29 is 9.47 Å². The lowest BCUT2D eigenvalue weighted by Gasteiger charge is -2.10. The average molecular weight is 371 g/mol. The Morgan fingerprint density at radius 1 is 1.27 bits per heavy atom. The van der Waals surface area contributed by atoms with Crippen LogP contribution in [0.1, 0.15) is 23.9 Å². The first kappa shape index (κ1) is 18.0. The highest BCUT2D eigenvalue weighted by atomic mass is 35.5. The molecule has 0 fully saturated rings. The number of rotatable bonds is 5. The third kappa shape index (κ3) is 3.58. The molecule has 0 atom stereocenters. The van der Waals surface area contributed by atoms with Gasteiger partial charge in [-0.3, -0.25) is 4.79 Å². The molecule has 3 aromatic rings. The van der Waals surface area contributed by atoms with Gasteiger partial charge >= 0.3 is 0 Å². The number of halogens is 1. The van der Waals surface area contributed by atoms with Gasteiger partial charge in [0.2, 0.25) is 0 Å². The monoisotopic (exact) mass is 370 g/mol. The van der Waals surface area contributed by atoms with Gasteiger partial charge in [0, 0.05) is 0 Å². The van der Waals surface area contributed by atoms with Gasteiger partial charge in [-0.15, -0.1) is 0 Å². The molecule has 3 rings (SSSR count). The molecular formula is C20H19ClN2O3. The number of hydrogen-bond acceptors (Lipinski definition) is 4. The Hall–Kier alpha value is -2.79. The van der Waals surface area contributed by atoms with Gasteiger partial charge in [-0.25, -0.2) is 4.98 Å². The minimum absolute atomic E-state index is 0.218. The van der Waals surface area contributed by atoms with Crippen molar-refractivity contribution in [2.45, 2.75) is 13.8 Å². The highest BCUT2D eigenvalue weighted by Gasteiger charge is 2.10. The van der Waals surface area contributed by atoms with E-state index in [2.05, 4.69) is 9.97 Å². The lowest BCUT2D eigenvalue weighted by atomic mass is 10.1. The predicted octanol–water partition coefficient (Wildman–Crippen LogP) is 4.38. The molecule has 0 spiro atoms. The number of nitrogens with zero attached hydrogens (tertiary/aromatic N) is 1. The second kappa shape index (κ2) is 7.62. The summed E-state index contributed by atoms with van der Waals surface area (Å²) in [6.07, 6.45) is 1.73. The van der Waals surface area contributed by atoms with Crippen LogP contribution in [0.3, 0.4) is 0 Å². The zero-order valence-electron chi connectivity index (χ0n) is 14.8. The molecule has 1 heterocycles. The van der Waals surface area contributed by atoms with Crippen molar-refractivity contribution in [2.75, 3.05) is 13.7 Å². The Bertz CT molecular complexity index is 1040. The molecule has 0 saturated heterocycles. The van der Waals surface area contributed by atoms with Crippen LogP contribution in [0.2, 0.25) is 0 Å². The van der Waals surface area contributed by atoms with Crippen LogP contribution in [0.25, 0.3) is 22.0 Å². The molecule has 0 aliphatic rings. The van der Waals surface area contributed by atoms with Crippen LogP contribution < -0.4 is 15.0 Å². The molecule has 0 saturated carbocycles. The summed E-state index contributed by atoms with van der Waals surface area (Å²) in [6, 6.07) is 11.0. The van der Waals surface area contributed by atoms with E-state index in [4.69, 9.17) is 21.1 Å². The molecule has 0 amide bonds. The molecule has 2 aromatic carbocycles. The fourth-order valence-electron chi connectivity index (χ4n) is 2.68. The van der Waals surface area contributed by atoms with Crippen molar-refractivity contribution >= 4 is 33.6 Å². The summed E-state index contributed by atoms with van der Waals surface area (Å²) in [7, 11) is 1.59. The third-order valence-electron chi connectivity index (χ3n) is 3.95. The van der Waals surface area contributed by atoms with Gasteiger partial charge in [0.25, 0.3) is 5.56 Å². The van der Waals surface area contributed by atoms with Crippen molar-refractivity contribution in [3.05, 3.63) is 63.7 Å². The zero-order valence-corrected chi connectivity index (χ0v) is 15.6. The number of benzene rings is 2. The van der Waals surface area contributed by atoms with Crippen molar-refractivity contribution in [1.29, 1.82) is 0 Å². The quantitative estimate of drug-likeness (QED) is 0.724. The first-order valence-corrected chi connectivity index (χ1v) is 8.59. The summed E-state index contributed by atoms with van der Waals surface area (Å²) in [5.41, 5.74) is 2.15. The Labute approximate surface area is 156 Å². The summed E-state index contributed by atoms with van der Waals surface area (Å²) < 4.78 is 10.9. The number of H-pyrrole nitrogens is 1. The Morgan fingerprint density at radius 2 is 2.08 bits per heavy atom. The van der Waals surface area contributed by atoms with Crippen molar-refractivity contribution in [1.82, 2.24) is 9.97 Å². The number of aromatic nitrogens is 2. The maximum atomic E-state index is 12.3. The minimum Gasteiger partial charge on any atom is -0.493 e. The summed E-state index contributed by atoms with van der Waals surface area (Å²) >= 11 is 6.42. The SMILES string of the molecule is CCOc1cc(/C=C(\Cl)c2nc3c(C)cccc3c(=O)[nH]2)ccc1OC. The van der Waals surface area contributed by atoms with E-state index in [9.17, 15) is 4.79 Å². The smallest absolute Gasteiger partial charge is 0.259 e. The zero-order chi connectivity index (χ0) is 18.7. The lowest BCUT2D eigenvalue weighted by molar-refractivity contribution is 0.311. The highest BCUT2D eigenvalue weighted by molar-refractivity contribution is 6.50. The van der Waals surface area contributed by atoms with E-state index in [1.54, 1.807) is 19.3 Å². The minimum atomic E-state index is -0.218. The summed E-state index contributed by atoms with van der Waals surface area (Å²) in [5, 5.41) is 0.876. The van der Waals surface area contributed by atoms with Gasteiger partial charge in [-0.05, 0) is 49.2 Å². The molecule has 0 unspecified atom stereocenters. The van der Waals surface area contributed by atoms with Crippen LogP contribution in [0.4, 0.5) is 0 Å². The molecule has 0 bridgehead atoms. The number of methoxy groups -OCH3 is 1. The fraction of sp³-hybridized carbons (Fsp3) is 0.200. The molecule has 1 aromatic heterocycles. The van der Waals surface area contributed by atoms with Crippen molar-refractivity contribution in [3.63, 3.8) is 0 Å². The van der Waals surface area contributed by atoms with Crippen LogP contribution in [0, 0.1) is 6.92 Å². The second-order valence-electron chi connectivity index (χ2n) is 5.72. The van der Waals surface area contributed by atoms with Crippen LogP contribution in [0.15, 0.2) is 41.2 Å².